The van der Waals surface area contributed by atoms with Crippen molar-refractivity contribution in [3.8, 4) is 11.5 Å². The number of anilines is 1. The average Bonchev–Trinajstić information content (AvgIpc) is 2.55. The Hall–Kier alpha value is -2.49. The third-order valence-corrected chi connectivity index (χ3v) is 3.38. The summed E-state index contributed by atoms with van der Waals surface area (Å²) in [5, 5.41) is 2.88. The quantitative estimate of drug-likeness (QED) is 0.833. The summed E-state index contributed by atoms with van der Waals surface area (Å²) < 4.78 is 11.2. The first kappa shape index (κ1) is 16.9. The van der Waals surface area contributed by atoms with Crippen LogP contribution in [0.3, 0.4) is 0 Å². The smallest absolute Gasteiger partial charge is 0.265 e. The molecule has 0 spiro atoms. The number of rotatable bonds is 7. The van der Waals surface area contributed by atoms with E-state index in [1.807, 2.05) is 63.2 Å². The molecule has 1 atom stereocenters. The SMILES string of the molecule is CCOc1cccc(NC(=O)[C@@H](CC)Oc2ccc(C)cc2)c1. The standard InChI is InChI=1S/C19H23NO3/c1-4-18(23-16-11-9-14(3)10-12-16)19(21)20-15-7-6-8-17(13-15)22-5-2/h6-13,18H,4-5H2,1-3H3,(H,20,21)/t18-/m1/s1. The topological polar surface area (TPSA) is 47.6 Å². The number of carbonyl (C=O) groups excluding carboxylic acids is 1. The van der Waals surface area contributed by atoms with Crippen LogP contribution in [0.5, 0.6) is 11.5 Å². The van der Waals surface area contributed by atoms with E-state index in [1.165, 1.54) is 0 Å². The molecule has 0 aliphatic carbocycles. The molecule has 4 heteroatoms. The van der Waals surface area contributed by atoms with Gasteiger partial charge in [-0.2, -0.15) is 0 Å². The first-order chi connectivity index (χ1) is 11.1. The Bertz CT molecular complexity index is 637. The maximum absolute atomic E-state index is 12.4. The van der Waals surface area contributed by atoms with Crippen molar-refractivity contribution in [2.45, 2.75) is 33.3 Å². The highest BCUT2D eigenvalue weighted by Gasteiger charge is 2.18. The first-order valence-electron chi connectivity index (χ1n) is 7.89. The molecule has 2 aromatic rings. The van der Waals surface area contributed by atoms with E-state index in [4.69, 9.17) is 9.47 Å². The van der Waals surface area contributed by atoms with E-state index in [9.17, 15) is 4.79 Å². The van der Waals surface area contributed by atoms with Gasteiger partial charge >= 0.3 is 0 Å². The lowest BCUT2D eigenvalue weighted by atomic mass is 10.2. The van der Waals surface area contributed by atoms with Gasteiger partial charge in [-0.1, -0.05) is 30.7 Å². The van der Waals surface area contributed by atoms with E-state index in [-0.39, 0.29) is 5.91 Å². The highest BCUT2D eigenvalue weighted by atomic mass is 16.5. The van der Waals surface area contributed by atoms with Gasteiger partial charge in [0.25, 0.3) is 5.91 Å². The Morgan fingerprint density at radius 2 is 1.83 bits per heavy atom. The van der Waals surface area contributed by atoms with Crippen LogP contribution in [0.2, 0.25) is 0 Å². The Balaban J connectivity index is 2.02. The molecule has 23 heavy (non-hydrogen) atoms. The van der Waals surface area contributed by atoms with E-state index >= 15 is 0 Å². The second-order valence-corrected chi connectivity index (χ2v) is 5.28. The number of ether oxygens (including phenoxy) is 2. The van der Waals surface area contributed by atoms with E-state index < -0.39 is 6.10 Å². The van der Waals surface area contributed by atoms with Crippen molar-refractivity contribution in [2.75, 3.05) is 11.9 Å². The average molecular weight is 313 g/mol. The summed E-state index contributed by atoms with van der Waals surface area (Å²) in [5.74, 6) is 1.26. The molecule has 2 aromatic carbocycles. The molecule has 0 aromatic heterocycles. The van der Waals surface area contributed by atoms with Gasteiger partial charge in [-0.05, 0) is 44.5 Å². The molecule has 0 saturated heterocycles. The molecular weight excluding hydrogens is 290 g/mol. The lowest BCUT2D eigenvalue weighted by Crippen LogP contribution is -2.32. The minimum absolute atomic E-state index is 0.165. The second kappa shape index (κ2) is 8.22. The van der Waals surface area contributed by atoms with Crippen molar-refractivity contribution in [2.24, 2.45) is 0 Å². The Kier molecular flexibility index (Phi) is 6.03. The molecule has 122 valence electrons. The normalized spacial score (nSPS) is 11.6. The predicted molar refractivity (Wildman–Crippen MR) is 92.1 cm³/mol. The predicted octanol–water partition coefficient (Wildman–Crippen LogP) is 4.19. The summed E-state index contributed by atoms with van der Waals surface area (Å²) in [7, 11) is 0. The van der Waals surface area contributed by atoms with Crippen LogP contribution in [0.1, 0.15) is 25.8 Å². The number of hydrogen-bond donors (Lipinski definition) is 1. The summed E-state index contributed by atoms with van der Waals surface area (Å²) in [4.78, 5) is 12.4. The molecule has 4 nitrogen and oxygen atoms in total. The third kappa shape index (κ3) is 5.02. The van der Waals surface area contributed by atoms with Crippen LogP contribution in [-0.2, 0) is 4.79 Å². The van der Waals surface area contributed by atoms with Gasteiger partial charge in [-0.25, -0.2) is 0 Å². The van der Waals surface area contributed by atoms with Crippen LogP contribution >= 0.6 is 0 Å². The molecule has 0 saturated carbocycles. The maximum Gasteiger partial charge on any atom is 0.265 e. The zero-order valence-electron chi connectivity index (χ0n) is 13.8. The Morgan fingerprint density at radius 1 is 1.09 bits per heavy atom. The maximum atomic E-state index is 12.4. The van der Waals surface area contributed by atoms with Gasteiger partial charge in [0.15, 0.2) is 6.10 Å². The first-order valence-corrected chi connectivity index (χ1v) is 7.89. The van der Waals surface area contributed by atoms with Crippen LogP contribution in [-0.4, -0.2) is 18.6 Å². The van der Waals surface area contributed by atoms with Gasteiger partial charge in [0.1, 0.15) is 11.5 Å². The minimum atomic E-state index is -0.534. The number of benzene rings is 2. The fourth-order valence-corrected chi connectivity index (χ4v) is 2.16. The highest BCUT2D eigenvalue weighted by molar-refractivity contribution is 5.94. The van der Waals surface area contributed by atoms with Crippen LogP contribution in [0.15, 0.2) is 48.5 Å². The molecule has 0 aliphatic heterocycles. The van der Waals surface area contributed by atoms with E-state index in [0.717, 1.165) is 11.3 Å². The summed E-state index contributed by atoms with van der Waals surface area (Å²) in [5.41, 5.74) is 1.86. The molecule has 0 bridgehead atoms. The Labute approximate surface area is 137 Å². The molecule has 1 N–H and O–H groups in total. The minimum Gasteiger partial charge on any atom is -0.494 e. The fourth-order valence-electron chi connectivity index (χ4n) is 2.16. The van der Waals surface area contributed by atoms with E-state index in [2.05, 4.69) is 5.32 Å². The molecule has 0 heterocycles. The third-order valence-electron chi connectivity index (χ3n) is 3.38. The van der Waals surface area contributed by atoms with Gasteiger partial charge in [0, 0.05) is 11.8 Å². The van der Waals surface area contributed by atoms with Gasteiger partial charge in [-0.15, -0.1) is 0 Å². The molecule has 0 aliphatic rings. The molecule has 2 rings (SSSR count). The molecular formula is C19H23NO3. The zero-order chi connectivity index (χ0) is 16.7. The van der Waals surface area contributed by atoms with Crippen LogP contribution in [0.4, 0.5) is 5.69 Å². The van der Waals surface area contributed by atoms with Gasteiger partial charge in [0.05, 0.1) is 6.61 Å². The van der Waals surface area contributed by atoms with Crippen LogP contribution < -0.4 is 14.8 Å². The van der Waals surface area contributed by atoms with Gasteiger partial charge in [-0.3, -0.25) is 4.79 Å². The van der Waals surface area contributed by atoms with Crippen molar-refractivity contribution in [1.82, 2.24) is 0 Å². The highest BCUT2D eigenvalue weighted by Crippen LogP contribution is 2.19. The fraction of sp³-hybridized carbons (Fsp3) is 0.316. The second-order valence-electron chi connectivity index (χ2n) is 5.28. The number of nitrogens with one attached hydrogen (secondary N) is 1. The summed E-state index contributed by atoms with van der Waals surface area (Å²) in [6.45, 7) is 6.45. The Morgan fingerprint density at radius 3 is 2.48 bits per heavy atom. The monoisotopic (exact) mass is 313 g/mol. The lowest BCUT2D eigenvalue weighted by Gasteiger charge is -2.17. The van der Waals surface area contributed by atoms with Crippen LogP contribution in [0, 0.1) is 6.92 Å². The molecule has 0 unspecified atom stereocenters. The number of amides is 1. The van der Waals surface area contributed by atoms with E-state index in [1.54, 1.807) is 6.07 Å². The molecule has 1 amide bonds. The lowest BCUT2D eigenvalue weighted by molar-refractivity contribution is -0.122. The number of carbonyl (C=O) groups is 1. The summed E-state index contributed by atoms with van der Waals surface area (Å²) in [6, 6.07) is 15.0. The van der Waals surface area contributed by atoms with Crippen molar-refractivity contribution in [3.05, 3.63) is 54.1 Å². The van der Waals surface area contributed by atoms with Crippen LogP contribution in [0.25, 0.3) is 0 Å². The summed E-state index contributed by atoms with van der Waals surface area (Å²) >= 11 is 0. The van der Waals surface area contributed by atoms with Gasteiger partial charge < -0.3 is 14.8 Å². The van der Waals surface area contributed by atoms with E-state index in [0.29, 0.717) is 24.5 Å². The van der Waals surface area contributed by atoms with Crippen molar-refractivity contribution < 1.29 is 14.3 Å². The largest absolute Gasteiger partial charge is 0.494 e. The summed E-state index contributed by atoms with van der Waals surface area (Å²) in [6.07, 6.45) is 0.0543. The van der Waals surface area contributed by atoms with Crippen molar-refractivity contribution in [1.29, 1.82) is 0 Å². The van der Waals surface area contributed by atoms with Gasteiger partial charge in [0.2, 0.25) is 0 Å². The zero-order valence-corrected chi connectivity index (χ0v) is 13.8. The van der Waals surface area contributed by atoms with Crippen molar-refractivity contribution >= 4 is 11.6 Å². The number of aryl methyl sites for hydroxylation is 1. The molecule has 0 fully saturated rings. The van der Waals surface area contributed by atoms with Crippen molar-refractivity contribution in [3.63, 3.8) is 0 Å². The number of hydrogen-bond acceptors (Lipinski definition) is 3. The molecule has 0 radical (unpaired) electrons.